The molecule has 13 heavy (non-hydrogen) atoms. The van der Waals surface area contributed by atoms with Crippen molar-refractivity contribution in [1.82, 2.24) is 15.3 Å². The fraction of sp³-hybridized carbons (Fsp3) is 0.556. The van der Waals surface area contributed by atoms with Crippen LogP contribution in [-0.4, -0.2) is 29.1 Å². The van der Waals surface area contributed by atoms with Gasteiger partial charge in [0.05, 0.1) is 6.04 Å². The van der Waals surface area contributed by atoms with E-state index in [1.165, 1.54) is 0 Å². The Labute approximate surface area is 77.8 Å². The van der Waals surface area contributed by atoms with Gasteiger partial charge in [-0.2, -0.15) is 0 Å². The lowest BCUT2D eigenvalue weighted by Crippen LogP contribution is -2.51. The zero-order valence-electron chi connectivity index (χ0n) is 7.96. The quantitative estimate of drug-likeness (QED) is 0.691. The van der Waals surface area contributed by atoms with Crippen molar-refractivity contribution in [3.05, 3.63) is 17.5 Å². The second-order valence-electron chi connectivity index (χ2n) is 3.46. The molecule has 1 aromatic heterocycles. The molecule has 0 saturated carbocycles. The van der Waals surface area contributed by atoms with E-state index in [1.807, 2.05) is 20.0 Å². The molecule has 70 valence electrons. The average molecular weight is 178 g/mol. The van der Waals surface area contributed by atoms with Gasteiger partial charge in [-0.25, -0.2) is 9.97 Å². The molecular formula is C9H14N4. The number of hydrogen-bond acceptors (Lipinski definition) is 4. The predicted molar refractivity (Wildman–Crippen MR) is 51.8 cm³/mol. The van der Waals surface area contributed by atoms with Gasteiger partial charge in [0, 0.05) is 25.0 Å². The summed E-state index contributed by atoms with van der Waals surface area (Å²) in [5.74, 6) is 0.745. The molecule has 2 rings (SSSR count). The van der Waals surface area contributed by atoms with Crippen molar-refractivity contribution in [2.24, 2.45) is 0 Å². The number of nitrogens with zero attached hydrogens (tertiary/aromatic N) is 2. The van der Waals surface area contributed by atoms with Crippen LogP contribution < -0.4 is 10.6 Å². The zero-order chi connectivity index (χ0) is 9.26. The molecule has 0 atom stereocenters. The lowest BCUT2D eigenvalue weighted by Gasteiger charge is -2.27. The molecule has 0 bridgehead atoms. The summed E-state index contributed by atoms with van der Waals surface area (Å²) < 4.78 is 0. The predicted octanol–water partition coefficient (Wildman–Crippen LogP) is 0.477. The lowest BCUT2D eigenvalue weighted by atomic mass is 10.2. The Hall–Kier alpha value is -1.16. The topological polar surface area (TPSA) is 49.8 Å². The van der Waals surface area contributed by atoms with E-state index in [2.05, 4.69) is 20.6 Å². The molecule has 0 radical (unpaired) electrons. The first-order chi connectivity index (χ1) is 6.25. The summed E-state index contributed by atoms with van der Waals surface area (Å²) in [6, 6.07) is 0.502. The van der Waals surface area contributed by atoms with Crippen LogP contribution in [0.25, 0.3) is 0 Å². The van der Waals surface area contributed by atoms with Gasteiger partial charge in [0.2, 0.25) is 5.95 Å². The second kappa shape index (κ2) is 3.30. The van der Waals surface area contributed by atoms with Gasteiger partial charge >= 0.3 is 0 Å². The van der Waals surface area contributed by atoms with E-state index in [0.717, 1.165) is 30.3 Å². The van der Waals surface area contributed by atoms with Crippen LogP contribution in [0.3, 0.4) is 0 Å². The molecule has 1 fully saturated rings. The van der Waals surface area contributed by atoms with Crippen LogP contribution in [0.5, 0.6) is 0 Å². The van der Waals surface area contributed by atoms with Crippen LogP contribution in [0.1, 0.15) is 11.3 Å². The highest BCUT2D eigenvalue weighted by molar-refractivity contribution is 5.30. The van der Waals surface area contributed by atoms with Crippen molar-refractivity contribution in [3.63, 3.8) is 0 Å². The third-order valence-corrected chi connectivity index (χ3v) is 2.34. The van der Waals surface area contributed by atoms with Crippen molar-refractivity contribution in [2.75, 3.05) is 18.4 Å². The Morgan fingerprint density at radius 1 is 1.46 bits per heavy atom. The third kappa shape index (κ3) is 1.78. The van der Waals surface area contributed by atoms with E-state index in [1.54, 1.807) is 0 Å². The second-order valence-corrected chi connectivity index (χ2v) is 3.46. The Bertz CT molecular complexity index is 306. The number of aryl methyl sites for hydroxylation is 2. The summed E-state index contributed by atoms with van der Waals surface area (Å²) in [4.78, 5) is 8.56. The van der Waals surface area contributed by atoms with Crippen LogP contribution in [0, 0.1) is 13.8 Å². The average Bonchev–Trinajstić information content (AvgIpc) is 2.04. The number of hydrogen-bond donors (Lipinski definition) is 2. The molecule has 4 heteroatoms. The molecule has 1 aliphatic heterocycles. The molecular weight excluding hydrogens is 164 g/mol. The standard InChI is InChI=1S/C9H14N4/c1-6-3-11-9(12-7(6)2)13-8-4-10-5-8/h3,8,10H,4-5H2,1-2H3,(H,11,12,13). The van der Waals surface area contributed by atoms with Gasteiger partial charge in [-0.05, 0) is 19.4 Å². The molecule has 0 amide bonds. The van der Waals surface area contributed by atoms with Crippen molar-refractivity contribution in [2.45, 2.75) is 19.9 Å². The summed E-state index contributed by atoms with van der Waals surface area (Å²) in [5, 5.41) is 6.45. The number of nitrogens with one attached hydrogen (secondary N) is 2. The molecule has 1 aliphatic rings. The smallest absolute Gasteiger partial charge is 0.223 e. The van der Waals surface area contributed by atoms with Gasteiger partial charge in [0.25, 0.3) is 0 Å². The number of rotatable bonds is 2. The normalized spacial score (nSPS) is 16.8. The fourth-order valence-corrected chi connectivity index (χ4v) is 1.17. The van der Waals surface area contributed by atoms with E-state index in [-0.39, 0.29) is 0 Å². The SMILES string of the molecule is Cc1cnc(NC2CNC2)nc1C. The van der Waals surface area contributed by atoms with Crippen molar-refractivity contribution >= 4 is 5.95 Å². The first-order valence-corrected chi connectivity index (χ1v) is 4.53. The van der Waals surface area contributed by atoms with Crippen molar-refractivity contribution < 1.29 is 0 Å². The Kier molecular flexibility index (Phi) is 2.14. The molecule has 2 N–H and O–H groups in total. The lowest BCUT2D eigenvalue weighted by molar-refractivity contribution is 0.469. The monoisotopic (exact) mass is 178 g/mol. The number of anilines is 1. The Balaban J connectivity index is 2.07. The minimum Gasteiger partial charge on any atom is -0.349 e. The highest BCUT2D eigenvalue weighted by atomic mass is 15.2. The highest BCUT2D eigenvalue weighted by Gasteiger charge is 2.16. The third-order valence-electron chi connectivity index (χ3n) is 2.34. The fourth-order valence-electron chi connectivity index (χ4n) is 1.17. The van der Waals surface area contributed by atoms with Gasteiger partial charge < -0.3 is 10.6 Å². The largest absolute Gasteiger partial charge is 0.349 e. The minimum absolute atomic E-state index is 0.502. The van der Waals surface area contributed by atoms with Crippen LogP contribution in [0.15, 0.2) is 6.20 Å². The summed E-state index contributed by atoms with van der Waals surface area (Å²) in [7, 11) is 0. The molecule has 0 spiro atoms. The maximum Gasteiger partial charge on any atom is 0.223 e. The van der Waals surface area contributed by atoms with Gasteiger partial charge in [0.15, 0.2) is 0 Å². The van der Waals surface area contributed by atoms with Crippen molar-refractivity contribution in [1.29, 1.82) is 0 Å². The van der Waals surface area contributed by atoms with Gasteiger partial charge in [0.1, 0.15) is 0 Å². The first-order valence-electron chi connectivity index (χ1n) is 4.53. The van der Waals surface area contributed by atoms with Crippen LogP contribution >= 0.6 is 0 Å². The van der Waals surface area contributed by atoms with Gasteiger partial charge in [-0.3, -0.25) is 0 Å². The van der Waals surface area contributed by atoms with Crippen LogP contribution in [0.4, 0.5) is 5.95 Å². The Morgan fingerprint density at radius 2 is 2.23 bits per heavy atom. The van der Waals surface area contributed by atoms with Crippen LogP contribution in [0.2, 0.25) is 0 Å². The van der Waals surface area contributed by atoms with Crippen LogP contribution in [-0.2, 0) is 0 Å². The minimum atomic E-state index is 0.502. The maximum absolute atomic E-state index is 4.34. The molecule has 0 aromatic carbocycles. The first kappa shape index (κ1) is 8.44. The summed E-state index contributed by atoms with van der Waals surface area (Å²) in [5.41, 5.74) is 2.18. The number of aromatic nitrogens is 2. The molecule has 0 unspecified atom stereocenters. The molecule has 1 aromatic rings. The van der Waals surface area contributed by atoms with E-state index in [0.29, 0.717) is 6.04 Å². The summed E-state index contributed by atoms with van der Waals surface area (Å²) in [6.45, 7) is 6.04. The zero-order valence-corrected chi connectivity index (χ0v) is 7.96. The van der Waals surface area contributed by atoms with Gasteiger partial charge in [-0.15, -0.1) is 0 Å². The summed E-state index contributed by atoms with van der Waals surface area (Å²) in [6.07, 6.45) is 1.86. The molecule has 1 saturated heterocycles. The highest BCUT2D eigenvalue weighted by Crippen LogP contribution is 2.07. The van der Waals surface area contributed by atoms with E-state index in [4.69, 9.17) is 0 Å². The summed E-state index contributed by atoms with van der Waals surface area (Å²) >= 11 is 0. The molecule has 0 aliphatic carbocycles. The maximum atomic E-state index is 4.34. The molecule has 2 heterocycles. The van der Waals surface area contributed by atoms with E-state index >= 15 is 0 Å². The van der Waals surface area contributed by atoms with E-state index < -0.39 is 0 Å². The van der Waals surface area contributed by atoms with E-state index in [9.17, 15) is 0 Å². The van der Waals surface area contributed by atoms with Crippen molar-refractivity contribution in [3.8, 4) is 0 Å². The molecule has 4 nitrogen and oxygen atoms in total. The van der Waals surface area contributed by atoms with Gasteiger partial charge in [-0.1, -0.05) is 0 Å². The Morgan fingerprint density at radius 3 is 2.77 bits per heavy atom.